The molecule has 1 aliphatic heterocycles. The van der Waals surface area contributed by atoms with Crippen LogP contribution in [-0.4, -0.2) is 45.9 Å². The van der Waals surface area contributed by atoms with Gasteiger partial charge >= 0.3 is 6.09 Å². The van der Waals surface area contributed by atoms with E-state index in [1.807, 2.05) is 71.3 Å². The van der Waals surface area contributed by atoms with Gasteiger partial charge in [0, 0.05) is 41.6 Å². The van der Waals surface area contributed by atoms with Gasteiger partial charge in [0.15, 0.2) is 5.76 Å². The van der Waals surface area contributed by atoms with Crippen LogP contribution in [0.5, 0.6) is 5.88 Å². The molecule has 1 saturated heterocycles. The maximum atomic E-state index is 13.4. The SMILES string of the molecule is CC(C)N1CCC(NC(=O)Oc2c(-c3ccccc3)c3cc(Cl)ccc3n2Cc2cc(-c3ccc(Cl)s3)on2)CC1. The van der Waals surface area contributed by atoms with Crippen LogP contribution in [-0.2, 0) is 6.54 Å². The van der Waals surface area contributed by atoms with Gasteiger partial charge in [-0.25, -0.2) is 4.79 Å². The number of nitrogens with one attached hydrogen (secondary N) is 1. The molecule has 2 aromatic carbocycles. The average molecular weight is 610 g/mol. The van der Waals surface area contributed by atoms with Gasteiger partial charge in [-0.1, -0.05) is 58.7 Å². The molecule has 0 saturated carbocycles. The highest BCUT2D eigenvalue weighted by Gasteiger charge is 2.27. The summed E-state index contributed by atoms with van der Waals surface area (Å²) in [7, 11) is 0. The number of amides is 1. The second-order valence-electron chi connectivity index (χ2n) is 10.5. The zero-order valence-electron chi connectivity index (χ0n) is 22.8. The van der Waals surface area contributed by atoms with Crippen LogP contribution < -0.4 is 10.1 Å². The first-order valence-corrected chi connectivity index (χ1v) is 15.2. The van der Waals surface area contributed by atoms with E-state index in [4.69, 9.17) is 32.5 Å². The first-order valence-electron chi connectivity index (χ1n) is 13.7. The Morgan fingerprint density at radius 2 is 1.88 bits per heavy atom. The number of aromatic nitrogens is 2. The molecule has 0 radical (unpaired) electrons. The molecule has 1 amide bonds. The second kappa shape index (κ2) is 11.9. The molecule has 0 bridgehead atoms. The first-order chi connectivity index (χ1) is 19.9. The van der Waals surface area contributed by atoms with E-state index in [0.29, 0.717) is 39.3 Å². The number of rotatable bonds is 7. The number of benzene rings is 2. The number of fused-ring (bicyclic) bond motifs is 1. The molecule has 1 fully saturated rings. The number of nitrogens with zero attached hydrogens (tertiary/aromatic N) is 3. The Morgan fingerprint density at radius 1 is 1.10 bits per heavy atom. The lowest BCUT2D eigenvalue weighted by molar-refractivity contribution is 0.151. The fraction of sp³-hybridized carbons (Fsp3) is 0.290. The van der Waals surface area contributed by atoms with Gasteiger partial charge in [-0.3, -0.25) is 0 Å². The highest BCUT2D eigenvalue weighted by Crippen LogP contribution is 2.42. The van der Waals surface area contributed by atoms with Crippen LogP contribution >= 0.6 is 34.5 Å². The number of carbonyl (C=O) groups is 1. The van der Waals surface area contributed by atoms with Gasteiger partial charge in [-0.2, -0.15) is 0 Å². The van der Waals surface area contributed by atoms with Crippen molar-refractivity contribution in [2.24, 2.45) is 0 Å². The Hall–Kier alpha value is -3.30. The van der Waals surface area contributed by atoms with E-state index in [1.54, 1.807) is 0 Å². The molecule has 0 atom stereocenters. The smallest absolute Gasteiger partial charge is 0.392 e. The van der Waals surface area contributed by atoms with E-state index < -0.39 is 6.09 Å². The zero-order chi connectivity index (χ0) is 28.5. The monoisotopic (exact) mass is 608 g/mol. The van der Waals surface area contributed by atoms with Crippen LogP contribution in [0.25, 0.3) is 32.7 Å². The number of hydrogen-bond acceptors (Lipinski definition) is 6. The summed E-state index contributed by atoms with van der Waals surface area (Å²) >= 11 is 14.0. The number of halogens is 2. The van der Waals surface area contributed by atoms with Crippen molar-refractivity contribution >= 4 is 51.5 Å². The van der Waals surface area contributed by atoms with Gasteiger partial charge in [-0.05, 0) is 62.6 Å². The molecule has 1 aliphatic rings. The Bertz CT molecular complexity index is 1670. The molecule has 3 aromatic heterocycles. The van der Waals surface area contributed by atoms with E-state index >= 15 is 0 Å². The lowest BCUT2D eigenvalue weighted by Gasteiger charge is -2.34. The summed E-state index contributed by atoms with van der Waals surface area (Å²) in [6, 6.07) is 21.7. The number of hydrogen-bond donors (Lipinski definition) is 1. The molecule has 0 unspecified atom stereocenters. The molecule has 1 N–H and O–H groups in total. The van der Waals surface area contributed by atoms with Crippen LogP contribution in [0.4, 0.5) is 4.79 Å². The molecule has 0 spiro atoms. The molecule has 7 nitrogen and oxygen atoms in total. The Kier molecular flexibility index (Phi) is 8.08. The number of carbonyl (C=O) groups excluding carboxylic acids is 1. The fourth-order valence-corrected chi connectivity index (χ4v) is 6.57. The molecule has 6 rings (SSSR count). The number of ether oxygens (including phenoxy) is 1. The topological polar surface area (TPSA) is 72.5 Å². The summed E-state index contributed by atoms with van der Waals surface area (Å²) < 4.78 is 14.5. The van der Waals surface area contributed by atoms with Crippen LogP contribution in [0.2, 0.25) is 9.36 Å². The number of thiophene rings is 1. The van der Waals surface area contributed by atoms with Gasteiger partial charge < -0.3 is 24.0 Å². The largest absolute Gasteiger partial charge is 0.414 e. The summed E-state index contributed by atoms with van der Waals surface area (Å²) in [5.41, 5.74) is 3.26. The Morgan fingerprint density at radius 3 is 2.59 bits per heavy atom. The van der Waals surface area contributed by atoms with Crippen LogP contribution in [0.15, 0.2) is 71.3 Å². The highest BCUT2D eigenvalue weighted by molar-refractivity contribution is 7.19. The third-order valence-corrected chi connectivity index (χ3v) is 8.99. The maximum Gasteiger partial charge on any atom is 0.414 e. The maximum absolute atomic E-state index is 13.4. The predicted molar refractivity (Wildman–Crippen MR) is 165 cm³/mol. The van der Waals surface area contributed by atoms with E-state index in [0.717, 1.165) is 52.8 Å². The quantitative estimate of drug-likeness (QED) is 0.201. The first kappa shape index (κ1) is 27.8. The molecule has 5 aromatic rings. The van der Waals surface area contributed by atoms with Crippen molar-refractivity contribution in [3.8, 4) is 27.6 Å². The third-order valence-electron chi connectivity index (χ3n) is 7.51. The minimum Gasteiger partial charge on any atom is -0.392 e. The van der Waals surface area contributed by atoms with Crippen molar-refractivity contribution in [3.63, 3.8) is 0 Å². The van der Waals surface area contributed by atoms with Gasteiger partial charge in [0.05, 0.1) is 26.8 Å². The summed E-state index contributed by atoms with van der Waals surface area (Å²) in [6.07, 6.45) is 1.28. The summed E-state index contributed by atoms with van der Waals surface area (Å²) in [5.74, 6) is 1.06. The van der Waals surface area contributed by atoms with Gasteiger partial charge in [0.1, 0.15) is 5.69 Å². The molecule has 212 valence electrons. The highest BCUT2D eigenvalue weighted by atomic mass is 35.5. The van der Waals surface area contributed by atoms with Gasteiger partial charge in [0.25, 0.3) is 0 Å². The van der Waals surface area contributed by atoms with Crippen molar-refractivity contribution in [2.45, 2.75) is 45.3 Å². The van der Waals surface area contributed by atoms with Crippen molar-refractivity contribution in [1.82, 2.24) is 19.9 Å². The predicted octanol–water partition coefficient (Wildman–Crippen LogP) is 8.34. The van der Waals surface area contributed by atoms with Gasteiger partial charge in [0.2, 0.25) is 5.88 Å². The molecule has 41 heavy (non-hydrogen) atoms. The van der Waals surface area contributed by atoms with E-state index in [2.05, 4.69) is 29.2 Å². The van der Waals surface area contributed by atoms with Crippen LogP contribution in [0.3, 0.4) is 0 Å². The van der Waals surface area contributed by atoms with E-state index in [9.17, 15) is 4.79 Å². The molecule has 10 heteroatoms. The summed E-state index contributed by atoms with van der Waals surface area (Å²) in [5, 5.41) is 8.90. The fourth-order valence-electron chi connectivity index (χ4n) is 5.41. The zero-order valence-corrected chi connectivity index (χ0v) is 25.1. The molecule has 0 aliphatic carbocycles. The summed E-state index contributed by atoms with van der Waals surface area (Å²) in [6.45, 7) is 6.61. The lowest BCUT2D eigenvalue weighted by atomic mass is 10.0. The lowest BCUT2D eigenvalue weighted by Crippen LogP contribution is -2.47. The average Bonchev–Trinajstić information content (AvgIpc) is 3.68. The molecular weight excluding hydrogens is 579 g/mol. The normalized spacial score (nSPS) is 14.7. The molecule has 4 heterocycles. The third kappa shape index (κ3) is 6.02. The van der Waals surface area contributed by atoms with Gasteiger partial charge in [-0.15, -0.1) is 11.3 Å². The van der Waals surface area contributed by atoms with E-state index in [-0.39, 0.29) is 6.04 Å². The Balaban J connectivity index is 1.36. The van der Waals surface area contributed by atoms with Crippen LogP contribution in [0.1, 0.15) is 32.4 Å². The standard InChI is InChI=1S/C31H30Cl2N4O3S/c1-19(2)36-14-12-22(13-15-36)34-31(38)39-30-29(20-6-4-3-5-7-20)24-16-21(32)8-9-25(24)37(30)18-23-17-26(40-35-23)27-10-11-28(33)41-27/h3-11,16-17,19,22H,12-15,18H2,1-2H3,(H,34,38). The minimum absolute atomic E-state index is 0.0562. The van der Waals surface area contributed by atoms with Crippen molar-refractivity contribution in [2.75, 3.05) is 13.1 Å². The number of piperidine rings is 1. The van der Waals surface area contributed by atoms with Crippen molar-refractivity contribution < 1.29 is 14.1 Å². The Labute approximate surface area is 252 Å². The minimum atomic E-state index is -0.477. The van der Waals surface area contributed by atoms with E-state index in [1.165, 1.54) is 11.3 Å². The number of likely N-dealkylation sites (tertiary alicyclic amines) is 1. The second-order valence-corrected chi connectivity index (χ2v) is 12.7. The van der Waals surface area contributed by atoms with Crippen molar-refractivity contribution in [3.05, 3.63) is 81.8 Å². The van der Waals surface area contributed by atoms with Crippen molar-refractivity contribution in [1.29, 1.82) is 0 Å². The van der Waals surface area contributed by atoms with Crippen LogP contribution in [0, 0.1) is 0 Å². The summed E-state index contributed by atoms with van der Waals surface area (Å²) in [4.78, 5) is 16.7. The molecular formula is C31H30Cl2N4O3S.